The van der Waals surface area contributed by atoms with Crippen molar-refractivity contribution < 1.29 is 23.5 Å². The lowest BCUT2D eigenvalue weighted by Gasteiger charge is -2.25. The Kier molecular flexibility index (Phi) is 9.07. The molecule has 0 aliphatic heterocycles. The summed E-state index contributed by atoms with van der Waals surface area (Å²) in [4.78, 5) is 30.0. The van der Waals surface area contributed by atoms with Crippen LogP contribution in [-0.4, -0.2) is 49.1 Å². The molecule has 1 heterocycles. The molecule has 0 aliphatic carbocycles. The van der Waals surface area contributed by atoms with Crippen molar-refractivity contribution in [1.82, 2.24) is 9.88 Å². The minimum Gasteiger partial charge on any atom is -0.464 e. The maximum Gasteiger partial charge on any atom is 0.360 e. The molecule has 1 rings (SSSR count). The first-order valence-electron chi connectivity index (χ1n) is 8.37. The second-order valence-corrected chi connectivity index (χ2v) is 5.62. The molecule has 1 amide bonds. The van der Waals surface area contributed by atoms with Gasteiger partial charge >= 0.3 is 5.97 Å². The van der Waals surface area contributed by atoms with Crippen molar-refractivity contribution >= 4 is 11.9 Å². The standard InChI is InChI=1S/C17H28N2O5/c1-5-7-8-13(6-2)16(20)19(9-10-22-3)11-15-18-14(12-24-15)17(21)23-4/h12-13H,5-11H2,1-4H3. The van der Waals surface area contributed by atoms with Gasteiger partial charge in [-0.1, -0.05) is 26.7 Å². The second-order valence-electron chi connectivity index (χ2n) is 5.62. The lowest BCUT2D eigenvalue weighted by Crippen LogP contribution is -2.38. The first-order chi connectivity index (χ1) is 11.6. The third-order valence-electron chi connectivity index (χ3n) is 3.90. The second kappa shape index (κ2) is 10.8. The molecule has 0 aromatic carbocycles. The summed E-state index contributed by atoms with van der Waals surface area (Å²) in [6, 6.07) is 0. The quantitative estimate of drug-likeness (QED) is 0.576. The smallest absolute Gasteiger partial charge is 0.360 e. The number of hydrogen-bond acceptors (Lipinski definition) is 6. The molecule has 0 spiro atoms. The van der Waals surface area contributed by atoms with Gasteiger partial charge in [0.05, 0.1) is 20.3 Å². The zero-order valence-electron chi connectivity index (χ0n) is 15.0. The predicted octanol–water partition coefficient (Wildman–Crippen LogP) is 2.65. The molecule has 0 N–H and O–H groups in total. The number of oxazole rings is 1. The summed E-state index contributed by atoms with van der Waals surface area (Å²) in [7, 11) is 2.88. The highest BCUT2D eigenvalue weighted by molar-refractivity contribution is 5.86. The molecule has 0 aliphatic rings. The topological polar surface area (TPSA) is 81.9 Å². The fraction of sp³-hybridized carbons (Fsp3) is 0.706. The zero-order chi connectivity index (χ0) is 17.9. The Hall–Kier alpha value is -1.89. The van der Waals surface area contributed by atoms with Gasteiger partial charge in [0.25, 0.3) is 0 Å². The van der Waals surface area contributed by atoms with Crippen LogP contribution in [0.1, 0.15) is 55.9 Å². The van der Waals surface area contributed by atoms with E-state index < -0.39 is 5.97 Å². The summed E-state index contributed by atoms with van der Waals surface area (Å²) < 4.78 is 15.0. The molecule has 136 valence electrons. The minimum absolute atomic E-state index is 0.0168. The number of rotatable bonds is 11. The molecule has 0 saturated carbocycles. The van der Waals surface area contributed by atoms with Crippen LogP contribution in [0, 0.1) is 5.92 Å². The summed E-state index contributed by atoms with van der Waals surface area (Å²) in [5.74, 6) is -0.197. The lowest BCUT2D eigenvalue weighted by atomic mass is 9.97. The Labute approximate surface area is 143 Å². The molecular weight excluding hydrogens is 312 g/mol. The summed E-state index contributed by atoms with van der Waals surface area (Å²) in [5.41, 5.74) is 0.102. The van der Waals surface area contributed by atoms with E-state index in [1.807, 2.05) is 6.92 Å². The number of carbonyl (C=O) groups excluding carboxylic acids is 2. The molecule has 0 fully saturated rings. The van der Waals surface area contributed by atoms with E-state index in [0.29, 0.717) is 19.0 Å². The number of hydrogen-bond donors (Lipinski definition) is 0. The number of aromatic nitrogens is 1. The van der Waals surface area contributed by atoms with Crippen LogP contribution in [0.3, 0.4) is 0 Å². The number of ether oxygens (including phenoxy) is 2. The SMILES string of the molecule is CCCCC(CC)C(=O)N(CCOC)Cc1nc(C(=O)OC)co1. The van der Waals surface area contributed by atoms with E-state index in [-0.39, 0.29) is 24.1 Å². The van der Waals surface area contributed by atoms with Gasteiger partial charge in [-0.05, 0) is 12.8 Å². The van der Waals surface area contributed by atoms with Gasteiger partial charge in [-0.3, -0.25) is 4.79 Å². The summed E-state index contributed by atoms with van der Waals surface area (Å²) in [6.45, 7) is 5.23. The Morgan fingerprint density at radius 1 is 1.33 bits per heavy atom. The molecule has 1 aromatic rings. The highest BCUT2D eigenvalue weighted by Crippen LogP contribution is 2.18. The first-order valence-corrected chi connectivity index (χ1v) is 8.37. The third-order valence-corrected chi connectivity index (χ3v) is 3.90. The molecule has 0 saturated heterocycles. The van der Waals surface area contributed by atoms with E-state index in [1.54, 1.807) is 12.0 Å². The molecule has 7 nitrogen and oxygen atoms in total. The molecule has 0 radical (unpaired) electrons. The van der Waals surface area contributed by atoms with Crippen molar-refractivity contribution in [2.45, 2.75) is 46.1 Å². The van der Waals surface area contributed by atoms with E-state index >= 15 is 0 Å². The van der Waals surface area contributed by atoms with Crippen LogP contribution >= 0.6 is 0 Å². The van der Waals surface area contributed by atoms with Gasteiger partial charge in [-0.25, -0.2) is 9.78 Å². The lowest BCUT2D eigenvalue weighted by molar-refractivity contribution is -0.137. The van der Waals surface area contributed by atoms with Crippen molar-refractivity contribution in [3.63, 3.8) is 0 Å². The molecule has 24 heavy (non-hydrogen) atoms. The van der Waals surface area contributed by atoms with Crippen LogP contribution in [0.25, 0.3) is 0 Å². The van der Waals surface area contributed by atoms with E-state index in [9.17, 15) is 9.59 Å². The highest BCUT2D eigenvalue weighted by Gasteiger charge is 2.24. The fourth-order valence-electron chi connectivity index (χ4n) is 2.42. The van der Waals surface area contributed by atoms with Gasteiger partial charge in [0.2, 0.25) is 11.8 Å². The third kappa shape index (κ3) is 5.96. The van der Waals surface area contributed by atoms with Crippen molar-refractivity contribution in [3.8, 4) is 0 Å². The number of esters is 1. The largest absolute Gasteiger partial charge is 0.464 e. The predicted molar refractivity (Wildman–Crippen MR) is 88.4 cm³/mol. The van der Waals surface area contributed by atoms with Crippen LogP contribution < -0.4 is 0 Å². The molecular formula is C17H28N2O5. The highest BCUT2D eigenvalue weighted by atomic mass is 16.5. The van der Waals surface area contributed by atoms with Gasteiger partial charge in [-0.2, -0.15) is 0 Å². The molecule has 7 heteroatoms. The van der Waals surface area contributed by atoms with E-state index in [0.717, 1.165) is 25.7 Å². The Morgan fingerprint density at radius 3 is 2.67 bits per heavy atom. The van der Waals surface area contributed by atoms with Crippen LogP contribution in [0.15, 0.2) is 10.7 Å². The summed E-state index contributed by atoms with van der Waals surface area (Å²) in [5, 5.41) is 0. The molecule has 1 aromatic heterocycles. The zero-order valence-corrected chi connectivity index (χ0v) is 15.0. The van der Waals surface area contributed by atoms with E-state index in [4.69, 9.17) is 9.15 Å². The molecule has 1 atom stereocenters. The monoisotopic (exact) mass is 340 g/mol. The Balaban J connectivity index is 2.81. The van der Waals surface area contributed by atoms with E-state index in [2.05, 4.69) is 16.6 Å². The number of methoxy groups -OCH3 is 2. The maximum absolute atomic E-state index is 12.8. The van der Waals surface area contributed by atoms with Gasteiger partial charge < -0.3 is 18.8 Å². The first kappa shape index (κ1) is 20.2. The number of amides is 1. The number of nitrogens with zero attached hydrogens (tertiary/aromatic N) is 2. The van der Waals surface area contributed by atoms with Crippen LogP contribution in [0.5, 0.6) is 0 Å². The molecule has 1 unspecified atom stereocenters. The summed E-state index contributed by atoms with van der Waals surface area (Å²) in [6.07, 6.45) is 4.99. The average molecular weight is 340 g/mol. The van der Waals surface area contributed by atoms with Crippen molar-refractivity contribution in [3.05, 3.63) is 17.8 Å². The summed E-state index contributed by atoms with van der Waals surface area (Å²) >= 11 is 0. The number of carbonyl (C=O) groups is 2. The van der Waals surface area contributed by atoms with Crippen molar-refractivity contribution in [2.24, 2.45) is 5.92 Å². The van der Waals surface area contributed by atoms with Crippen LogP contribution in [0.2, 0.25) is 0 Å². The van der Waals surface area contributed by atoms with Gasteiger partial charge in [0.15, 0.2) is 5.69 Å². The van der Waals surface area contributed by atoms with Gasteiger partial charge in [0, 0.05) is 19.6 Å². The van der Waals surface area contributed by atoms with E-state index in [1.165, 1.54) is 13.4 Å². The maximum atomic E-state index is 12.8. The number of unbranched alkanes of at least 4 members (excludes halogenated alkanes) is 1. The Bertz CT molecular complexity index is 515. The minimum atomic E-state index is -0.561. The van der Waals surface area contributed by atoms with Crippen molar-refractivity contribution in [1.29, 1.82) is 0 Å². The fourth-order valence-corrected chi connectivity index (χ4v) is 2.42. The normalized spacial score (nSPS) is 12.0. The Morgan fingerprint density at radius 2 is 2.08 bits per heavy atom. The van der Waals surface area contributed by atoms with Crippen LogP contribution in [-0.2, 0) is 20.8 Å². The van der Waals surface area contributed by atoms with Crippen LogP contribution in [0.4, 0.5) is 0 Å². The van der Waals surface area contributed by atoms with Crippen molar-refractivity contribution in [2.75, 3.05) is 27.4 Å². The van der Waals surface area contributed by atoms with Gasteiger partial charge in [0.1, 0.15) is 6.26 Å². The van der Waals surface area contributed by atoms with Gasteiger partial charge in [-0.15, -0.1) is 0 Å². The molecule has 0 bridgehead atoms. The average Bonchev–Trinajstić information content (AvgIpc) is 3.06.